The van der Waals surface area contributed by atoms with Crippen molar-refractivity contribution in [3.05, 3.63) is 64.7 Å². The van der Waals surface area contributed by atoms with Gasteiger partial charge in [0.15, 0.2) is 0 Å². The molecule has 0 heterocycles. The van der Waals surface area contributed by atoms with E-state index in [4.69, 9.17) is 11.5 Å². The molecule has 2 amide bonds. The van der Waals surface area contributed by atoms with Crippen LogP contribution in [0, 0.1) is 13.8 Å². The first kappa shape index (κ1) is 23.4. The minimum atomic E-state index is -0.803. The van der Waals surface area contributed by atoms with Crippen LogP contribution >= 0.6 is 0 Å². The van der Waals surface area contributed by atoms with Crippen molar-refractivity contribution in [3.63, 3.8) is 0 Å². The van der Waals surface area contributed by atoms with Crippen molar-refractivity contribution in [1.82, 2.24) is 10.6 Å². The van der Waals surface area contributed by atoms with E-state index in [1.54, 1.807) is 19.1 Å². The standard InChI is InChI=1S/C23H32N4O3/c1-14-9-19(28)10-15(2)20(14)12-21(25)23(30)27-16(3)22(29)26-13-18(24)11-17-7-5-4-6-8-17/h4-10,16,18,21,28H,11-13,24-25H2,1-3H3,(H,26,29)(H,27,30)/t16-,18+,21-/m0/s1. The Balaban J connectivity index is 1.82. The molecule has 0 aliphatic carbocycles. The topological polar surface area (TPSA) is 130 Å². The lowest BCUT2D eigenvalue weighted by Gasteiger charge is -2.20. The third-order valence-electron chi connectivity index (χ3n) is 5.07. The molecular weight excluding hydrogens is 380 g/mol. The number of aromatic hydroxyl groups is 1. The molecule has 2 aromatic rings. The van der Waals surface area contributed by atoms with Crippen LogP contribution in [0.4, 0.5) is 0 Å². The molecule has 0 aliphatic rings. The average Bonchev–Trinajstić information content (AvgIpc) is 2.69. The summed E-state index contributed by atoms with van der Waals surface area (Å²) in [6.07, 6.45) is 0.970. The molecule has 7 heteroatoms. The van der Waals surface area contributed by atoms with E-state index < -0.39 is 18.0 Å². The molecule has 0 aromatic heterocycles. The summed E-state index contributed by atoms with van der Waals surface area (Å²) in [5.74, 6) is -0.531. The van der Waals surface area contributed by atoms with E-state index in [9.17, 15) is 14.7 Å². The third kappa shape index (κ3) is 6.86. The van der Waals surface area contributed by atoms with Gasteiger partial charge >= 0.3 is 0 Å². The van der Waals surface area contributed by atoms with Crippen molar-refractivity contribution in [2.45, 2.75) is 51.7 Å². The Morgan fingerprint density at radius 1 is 1.00 bits per heavy atom. The van der Waals surface area contributed by atoms with E-state index >= 15 is 0 Å². The van der Waals surface area contributed by atoms with Crippen LogP contribution in [0.25, 0.3) is 0 Å². The Hall–Kier alpha value is -2.90. The van der Waals surface area contributed by atoms with Crippen LogP contribution in [-0.4, -0.2) is 41.6 Å². The van der Waals surface area contributed by atoms with E-state index in [1.165, 1.54) is 0 Å². The number of rotatable bonds is 9. The molecule has 3 atom stereocenters. The number of phenolic OH excluding ortho intramolecular Hbond substituents is 1. The van der Waals surface area contributed by atoms with Gasteiger partial charge in [0.25, 0.3) is 0 Å². The van der Waals surface area contributed by atoms with Gasteiger partial charge in [-0.05, 0) is 68.0 Å². The highest BCUT2D eigenvalue weighted by molar-refractivity contribution is 5.89. The van der Waals surface area contributed by atoms with Crippen LogP contribution in [0.1, 0.15) is 29.2 Å². The second kappa shape index (κ2) is 10.8. The number of carbonyl (C=O) groups excluding carboxylic acids is 2. The van der Waals surface area contributed by atoms with Gasteiger partial charge < -0.3 is 27.2 Å². The Morgan fingerprint density at radius 2 is 1.60 bits per heavy atom. The van der Waals surface area contributed by atoms with Gasteiger partial charge in [-0.3, -0.25) is 9.59 Å². The maximum atomic E-state index is 12.4. The van der Waals surface area contributed by atoms with Gasteiger partial charge in [-0.15, -0.1) is 0 Å². The fraction of sp³-hybridized carbons (Fsp3) is 0.391. The van der Waals surface area contributed by atoms with Gasteiger partial charge in [0.05, 0.1) is 6.04 Å². The zero-order chi connectivity index (χ0) is 22.3. The molecule has 162 valence electrons. The van der Waals surface area contributed by atoms with Crippen LogP contribution in [0.5, 0.6) is 5.75 Å². The SMILES string of the molecule is Cc1cc(O)cc(C)c1C[C@H](N)C(=O)N[C@@H](C)C(=O)NC[C@H](N)Cc1ccccc1. The van der Waals surface area contributed by atoms with E-state index in [0.29, 0.717) is 19.4 Å². The molecule has 30 heavy (non-hydrogen) atoms. The monoisotopic (exact) mass is 412 g/mol. The highest BCUT2D eigenvalue weighted by Gasteiger charge is 2.22. The number of hydrogen-bond donors (Lipinski definition) is 5. The highest BCUT2D eigenvalue weighted by Crippen LogP contribution is 2.21. The molecule has 0 bridgehead atoms. The lowest BCUT2D eigenvalue weighted by molar-refractivity contribution is -0.129. The van der Waals surface area contributed by atoms with Gasteiger partial charge in [0.1, 0.15) is 11.8 Å². The molecule has 0 saturated heterocycles. The summed E-state index contributed by atoms with van der Waals surface area (Å²) in [5.41, 5.74) is 15.9. The summed E-state index contributed by atoms with van der Waals surface area (Å²) in [5, 5.41) is 15.1. The van der Waals surface area contributed by atoms with Crippen molar-refractivity contribution < 1.29 is 14.7 Å². The predicted octanol–water partition coefficient (Wildman–Crippen LogP) is 1.07. The molecule has 0 spiro atoms. The summed E-state index contributed by atoms with van der Waals surface area (Å²) in [6, 6.07) is 11.3. The minimum absolute atomic E-state index is 0.183. The van der Waals surface area contributed by atoms with E-state index in [-0.39, 0.29) is 17.7 Å². The summed E-state index contributed by atoms with van der Waals surface area (Å²) in [6.45, 7) is 5.65. The summed E-state index contributed by atoms with van der Waals surface area (Å²) >= 11 is 0. The maximum Gasteiger partial charge on any atom is 0.242 e. The molecule has 0 unspecified atom stereocenters. The highest BCUT2D eigenvalue weighted by atomic mass is 16.3. The van der Waals surface area contributed by atoms with Gasteiger partial charge in [-0.25, -0.2) is 0 Å². The quantitative estimate of drug-likeness (QED) is 0.421. The first-order chi connectivity index (χ1) is 14.2. The van der Waals surface area contributed by atoms with E-state index in [1.807, 2.05) is 44.2 Å². The van der Waals surface area contributed by atoms with Crippen molar-refractivity contribution in [3.8, 4) is 5.75 Å². The Bertz CT molecular complexity index is 847. The first-order valence-electron chi connectivity index (χ1n) is 10.1. The number of benzene rings is 2. The average molecular weight is 413 g/mol. The Labute approximate surface area is 177 Å². The largest absolute Gasteiger partial charge is 0.508 e. The fourth-order valence-electron chi connectivity index (χ4n) is 3.36. The number of phenols is 1. The molecular formula is C23H32N4O3. The third-order valence-corrected chi connectivity index (χ3v) is 5.07. The zero-order valence-electron chi connectivity index (χ0n) is 17.8. The smallest absolute Gasteiger partial charge is 0.242 e. The van der Waals surface area contributed by atoms with Crippen molar-refractivity contribution in [1.29, 1.82) is 0 Å². The molecule has 7 nitrogen and oxygen atoms in total. The maximum absolute atomic E-state index is 12.4. The number of carbonyl (C=O) groups is 2. The van der Waals surface area contributed by atoms with Crippen molar-refractivity contribution >= 4 is 11.8 Å². The minimum Gasteiger partial charge on any atom is -0.508 e. The zero-order valence-corrected chi connectivity index (χ0v) is 17.8. The summed E-state index contributed by atoms with van der Waals surface area (Å²) in [4.78, 5) is 24.8. The van der Waals surface area contributed by atoms with E-state index in [2.05, 4.69) is 10.6 Å². The van der Waals surface area contributed by atoms with Crippen molar-refractivity contribution in [2.24, 2.45) is 11.5 Å². The predicted molar refractivity (Wildman–Crippen MR) is 118 cm³/mol. The molecule has 0 saturated carbocycles. The van der Waals surface area contributed by atoms with Gasteiger partial charge in [0.2, 0.25) is 11.8 Å². The van der Waals surface area contributed by atoms with E-state index in [0.717, 1.165) is 22.3 Å². The summed E-state index contributed by atoms with van der Waals surface area (Å²) in [7, 11) is 0. The fourth-order valence-corrected chi connectivity index (χ4v) is 3.36. The van der Waals surface area contributed by atoms with Crippen LogP contribution < -0.4 is 22.1 Å². The van der Waals surface area contributed by atoms with Crippen LogP contribution in [0.3, 0.4) is 0 Å². The molecule has 0 fully saturated rings. The first-order valence-corrected chi connectivity index (χ1v) is 10.1. The Kier molecular flexibility index (Phi) is 8.38. The number of aryl methyl sites for hydroxylation is 2. The van der Waals surface area contributed by atoms with Gasteiger partial charge in [-0.2, -0.15) is 0 Å². The Morgan fingerprint density at radius 3 is 2.20 bits per heavy atom. The lowest BCUT2D eigenvalue weighted by Crippen LogP contribution is -2.52. The van der Waals surface area contributed by atoms with Gasteiger partial charge in [0, 0.05) is 12.6 Å². The van der Waals surface area contributed by atoms with Crippen molar-refractivity contribution in [2.75, 3.05) is 6.54 Å². The molecule has 0 radical (unpaired) electrons. The van der Waals surface area contributed by atoms with Crippen LogP contribution in [0.2, 0.25) is 0 Å². The second-order valence-corrected chi connectivity index (χ2v) is 7.79. The number of nitrogens with one attached hydrogen (secondary N) is 2. The number of nitrogens with two attached hydrogens (primary N) is 2. The van der Waals surface area contributed by atoms with Crippen LogP contribution in [0.15, 0.2) is 42.5 Å². The van der Waals surface area contributed by atoms with Gasteiger partial charge in [-0.1, -0.05) is 30.3 Å². The molecule has 2 aromatic carbocycles. The summed E-state index contributed by atoms with van der Waals surface area (Å²) < 4.78 is 0. The second-order valence-electron chi connectivity index (χ2n) is 7.79. The number of amides is 2. The van der Waals surface area contributed by atoms with Crippen LogP contribution in [-0.2, 0) is 22.4 Å². The molecule has 2 rings (SSSR count). The molecule has 0 aliphatic heterocycles. The normalized spacial score (nSPS) is 13.9. The lowest BCUT2D eigenvalue weighted by atomic mass is 9.96. The number of hydrogen-bond acceptors (Lipinski definition) is 5. The molecule has 7 N–H and O–H groups in total.